The number of nitrogens with zero attached hydrogens (tertiary/aromatic N) is 1. The van der Waals surface area contributed by atoms with Crippen molar-refractivity contribution in [2.24, 2.45) is 4.99 Å². The molecule has 6 nitrogen and oxygen atoms in total. The van der Waals surface area contributed by atoms with E-state index in [1.807, 2.05) is 19.1 Å². The van der Waals surface area contributed by atoms with E-state index in [2.05, 4.69) is 20.9 Å². The third-order valence-corrected chi connectivity index (χ3v) is 4.00. The Labute approximate surface area is 154 Å². The van der Waals surface area contributed by atoms with Crippen molar-refractivity contribution in [3.8, 4) is 5.75 Å². The summed E-state index contributed by atoms with van der Waals surface area (Å²) in [6.07, 6.45) is 3.53. The van der Waals surface area contributed by atoms with Crippen LogP contribution in [-0.4, -0.2) is 44.1 Å². The molecule has 0 bridgehead atoms. The molecule has 1 aromatic carbocycles. The van der Waals surface area contributed by atoms with E-state index in [0.717, 1.165) is 25.0 Å². The highest BCUT2D eigenvalue weighted by Gasteiger charge is 2.22. The maximum atomic E-state index is 11.6. The van der Waals surface area contributed by atoms with Crippen LogP contribution < -0.4 is 20.7 Å². The van der Waals surface area contributed by atoms with E-state index in [9.17, 15) is 4.79 Å². The summed E-state index contributed by atoms with van der Waals surface area (Å²) in [6, 6.07) is 7.72. The summed E-state index contributed by atoms with van der Waals surface area (Å²) in [5, 5.41) is 10.1. The normalized spacial score (nSPS) is 15.4. The molecule has 25 heavy (non-hydrogen) atoms. The summed E-state index contributed by atoms with van der Waals surface area (Å²) < 4.78 is 5.81. The Bertz CT molecular complexity index is 573. The van der Waals surface area contributed by atoms with Crippen molar-refractivity contribution >= 4 is 23.5 Å². The van der Waals surface area contributed by atoms with Crippen LogP contribution in [-0.2, 0) is 4.79 Å². The van der Waals surface area contributed by atoms with Crippen LogP contribution in [0.1, 0.15) is 32.6 Å². The Balaban J connectivity index is 1.58. The van der Waals surface area contributed by atoms with E-state index < -0.39 is 0 Å². The number of amides is 1. The number of carbonyl (C=O) groups excluding carboxylic acids is 1. The minimum absolute atomic E-state index is 0.0240. The van der Waals surface area contributed by atoms with E-state index in [-0.39, 0.29) is 12.0 Å². The van der Waals surface area contributed by atoms with Crippen LogP contribution in [0.5, 0.6) is 5.75 Å². The molecule has 0 spiro atoms. The van der Waals surface area contributed by atoms with Crippen LogP contribution in [0.15, 0.2) is 29.3 Å². The predicted octanol–water partition coefficient (Wildman–Crippen LogP) is 2.33. The van der Waals surface area contributed by atoms with Gasteiger partial charge in [-0.25, -0.2) is 0 Å². The zero-order valence-electron chi connectivity index (χ0n) is 14.8. The van der Waals surface area contributed by atoms with Crippen LogP contribution in [0, 0.1) is 0 Å². The smallest absolute Gasteiger partial charge is 0.220 e. The summed E-state index contributed by atoms with van der Waals surface area (Å²) in [5.74, 6) is 1.62. The summed E-state index contributed by atoms with van der Waals surface area (Å²) in [6.45, 7) is 3.30. The van der Waals surface area contributed by atoms with Gasteiger partial charge in [0.15, 0.2) is 5.96 Å². The Morgan fingerprint density at radius 1 is 1.32 bits per heavy atom. The topological polar surface area (TPSA) is 74.8 Å². The number of halogens is 1. The Kier molecular flexibility index (Phi) is 7.85. The lowest BCUT2D eigenvalue weighted by atomic mass is 10.3. The van der Waals surface area contributed by atoms with E-state index >= 15 is 0 Å². The van der Waals surface area contributed by atoms with Crippen molar-refractivity contribution in [1.82, 2.24) is 16.0 Å². The van der Waals surface area contributed by atoms with Gasteiger partial charge in [0, 0.05) is 31.1 Å². The monoisotopic (exact) mass is 366 g/mol. The fraction of sp³-hybridized carbons (Fsp3) is 0.556. The van der Waals surface area contributed by atoms with Gasteiger partial charge in [-0.05, 0) is 50.5 Å². The second kappa shape index (κ2) is 10.1. The second-order valence-corrected chi connectivity index (χ2v) is 6.64. The molecule has 1 fully saturated rings. The first-order chi connectivity index (χ1) is 12.1. The molecular weight excluding hydrogens is 340 g/mol. The molecule has 1 amide bonds. The molecule has 1 saturated carbocycles. The number of benzene rings is 1. The fourth-order valence-electron chi connectivity index (χ4n) is 2.23. The number of hydrogen-bond acceptors (Lipinski definition) is 3. The van der Waals surface area contributed by atoms with Crippen molar-refractivity contribution in [3.05, 3.63) is 29.3 Å². The van der Waals surface area contributed by atoms with Crippen molar-refractivity contribution in [3.63, 3.8) is 0 Å². The first-order valence-corrected chi connectivity index (χ1v) is 9.10. The Hall–Kier alpha value is -1.95. The summed E-state index contributed by atoms with van der Waals surface area (Å²) in [7, 11) is 1.72. The average molecular weight is 367 g/mol. The van der Waals surface area contributed by atoms with Gasteiger partial charge >= 0.3 is 0 Å². The molecule has 1 aliphatic rings. The first kappa shape index (κ1) is 19.4. The predicted molar refractivity (Wildman–Crippen MR) is 101 cm³/mol. The minimum atomic E-state index is -0.0240. The third-order valence-electron chi connectivity index (χ3n) is 3.75. The zero-order chi connectivity index (χ0) is 18.1. The molecule has 0 heterocycles. The maximum absolute atomic E-state index is 11.6. The van der Waals surface area contributed by atoms with Gasteiger partial charge in [-0.3, -0.25) is 9.79 Å². The number of guanidine groups is 1. The summed E-state index contributed by atoms with van der Waals surface area (Å²) >= 11 is 5.86. The van der Waals surface area contributed by atoms with Crippen molar-refractivity contribution in [2.75, 3.05) is 20.1 Å². The summed E-state index contributed by atoms with van der Waals surface area (Å²) in [4.78, 5) is 15.8. The van der Waals surface area contributed by atoms with Gasteiger partial charge in [0.1, 0.15) is 11.9 Å². The van der Waals surface area contributed by atoms with Crippen LogP contribution >= 0.6 is 11.6 Å². The van der Waals surface area contributed by atoms with Gasteiger partial charge < -0.3 is 20.7 Å². The Morgan fingerprint density at radius 2 is 2.04 bits per heavy atom. The second-order valence-electron chi connectivity index (χ2n) is 6.21. The lowest BCUT2D eigenvalue weighted by Crippen LogP contribution is -2.42. The molecule has 0 aromatic heterocycles. The van der Waals surface area contributed by atoms with Crippen molar-refractivity contribution in [1.29, 1.82) is 0 Å². The molecule has 1 aliphatic carbocycles. The molecule has 1 unspecified atom stereocenters. The first-order valence-electron chi connectivity index (χ1n) is 8.73. The van der Waals surface area contributed by atoms with Gasteiger partial charge in [-0.15, -0.1) is 0 Å². The molecular formula is C18H27ClN4O2. The largest absolute Gasteiger partial charge is 0.489 e. The van der Waals surface area contributed by atoms with E-state index in [1.165, 1.54) is 0 Å². The molecule has 7 heteroatoms. The van der Waals surface area contributed by atoms with Gasteiger partial charge in [0.2, 0.25) is 5.91 Å². The van der Waals surface area contributed by atoms with Gasteiger partial charge in [0.25, 0.3) is 0 Å². The van der Waals surface area contributed by atoms with Crippen molar-refractivity contribution < 1.29 is 9.53 Å². The molecule has 3 N–H and O–H groups in total. The highest BCUT2D eigenvalue weighted by atomic mass is 35.5. The number of nitrogens with one attached hydrogen (secondary N) is 3. The fourth-order valence-corrected chi connectivity index (χ4v) is 2.36. The molecule has 0 aliphatic heterocycles. The standard InChI is InChI=1S/C18H27ClN4O2/c1-13(25-16-9-5-14(19)6-10-16)12-22-18(20-2)21-11-3-4-17(24)23-15-7-8-15/h5-6,9-10,13,15H,3-4,7-8,11-12H2,1-2H3,(H,23,24)(H2,20,21,22). The number of rotatable bonds is 9. The maximum Gasteiger partial charge on any atom is 0.220 e. The van der Waals surface area contributed by atoms with Gasteiger partial charge in [-0.2, -0.15) is 0 Å². The lowest BCUT2D eigenvalue weighted by molar-refractivity contribution is -0.121. The van der Waals surface area contributed by atoms with Crippen LogP contribution in [0.4, 0.5) is 0 Å². The van der Waals surface area contributed by atoms with Crippen LogP contribution in [0.2, 0.25) is 5.02 Å². The molecule has 0 radical (unpaired) electrons. The van der Waals surface area contributed by atoms with Gasteiger partial charge in [0.05, 0.1) is 6.54 Å². The van der Waals surface area contributed by atoms with E-state index in [4.69, 9.17) is 16.3 Å². The number of ether oxygens (including phenoxy) is 1. The van der Waals surface area contributed by atoms with Crippen LogP contribution in [0.3, 0.4) is 0 Å². The number of aliphatic imine (C=N–C) groups is 1. The summed E-state index contributed by atoms with van der Waals surface area (Å²) in [5.41, 5.74) is 0. The molecule has 2 rings (SSSR count). The van der Waals surface area contributed by atoms with Crippen LogP contribution in [0.25, 0.3) is 0 Å². The number of hydrogen-bond donors (Lipinski definition) is 3. The molecule has 1 aromatic rings. The SMILES string of the molecule is CN=C(NCCCC(=O)NC1CC1)NCC(C)Oc1ccc(Cl)cc1. The quantitative estimate of drug-likeness (QED) is 0.356. The Morgan fingerprint density at radius 3 is 2.68 bits per heavy atom. The lowest BCUT2D eigenvalue weighted by Gasteiger charge is -2.17. The minimum Gasteiger partial charge on any atom is -0.489 e. The average Bonchev–Trinajstić information content (AvgIpc) is 3.40. The zero-order valence-corrected chi connectivity index (χ0v) is 15.6. The van der Waals surface area contributed by atoms with E-state index in [0.29, 0.717) is 36.5 Å². The van der Waals surface area contributed by atoms with E-state index in [1.54, 1.807) is 19.2 Å². The highest BCUT2D eigenvalue weighted by Crippen LogP contribution is 2.18. The van der Waals surface area contributed by atoms with Gasteiger partial charge in [-0.1, -0.05) is 11.6 Å². The highest BCUT2D eigenvalue weighted by molar-refractivity contribution is 6.30. The molecule has 138 valence electrons. The van der Waals surface area contributed by atoms with Crippen molar-refractivity contribution in [2.45, 2.75) is 44.8 Å². The number of carbonyl (C=O) groups is 1. The third kappa shape index (κ3) is 8.12. The molecule has 1 atom stereocenters. The molecule has 0 saturated heterocycles.